The Hall–Kier alpha value is -2.46. The highest BCUT2D eigenvalue weighted by Gasteiger charge is 2.19. The third-order valence-corrected chi connectivity index (χ3v) is 3.54. The van der Waals surface area contributed by atoms with Gasteiger partial charge in [0.2, 0.25) is 0 Å². The number of benzene rings is 1. The van der Waals surface area contributed by atoms with E-state index in [1.807, 2.05) is 37.3 Å². The van der Waals surface area contributed by atoms with Gasteiger partial charge in [0.1, 0.15) is 5.82 Å². The van der Waals surface area contributed by atoms with Crippen LogP contribution in [0.15, 0.2) is 48.3 Å². The third kappa shape index (κ3) is 2.78. The molecular weight excluding hydrogens is 274 g/mol. The van der Waals surface area contributed by atoms with E-state index in [2.05, 4.69) is 18.1 Å². The molecule has 0 radical (unpaired) electrons. The van der Waals surface area contributed by atoms with Gasteiger partial charge in [-0.1, -0.05) is 38.3 Å². The standard InChI is InChI=1S/C18H21N3O/c1-5-14(19)17-20-15(6-2)16(12(3)4)18(22)21(17)13-10-8-7-9-11-13/h6-11,14H,2-3,5,19H2,1,4H3. The van der Waals surface area contributed by atoms with Crippen LogP contribution >= 0.6 is 0 Å². The Kier molecular flexibility index (Phi) is 4.73. The zero-order chi connectivity index (χ0) is 16.3. The number of rotatable bonds is 5. The van der Waals surface area contributed by atoms with Crippen LogP contribution in [0.2, 0.25) is 0 Å². The molecule has 0 spiro atoms. The maximum absolute atomic E-state index is 13.0. The highest BCUT2D eigenvalue weighted by molar-refractivity contribution is 5.69. The van der Waals surface area contributed by atoms with Crippen molar-refractivity contribution in [2.45, 2.75) is 26.3 Å². The molecule has 2 rings (SSSR count). The SMILES string of the molecule is C=Cc1nc(C(N)CC)n(-c2ccccc2)c(=O)c1C(=C)C. The number of allylic oxidation sites excluding steroid dienone is 1. The van der Waals surface area contributed by atoms with Gasteiger partial charge in [0.15, 0.2) is 0 Å². The topological polar surface area (TPSA) is 60.9 Å². The molecule has 0 aliphatic heterocycles. The van der Waals surface area contributed by atoms with Crippen LogP contribution in [0.3, 0.4) is 0 Å². The first-order valence-corrected chi connectivity index (χ1v) is 7.27. The molecule has 0 amide bonds. The molecule has 0 bridgehead atoms. The summed E-state index contributed by atoms with van der Waals surface area (Å²) in [5, 5.41) is 0. The van der Waals surface area contributed by atoms with Crippen LogP contribution < -0.4 is 11.3 Å². The quantitative estimate of drug-likeness (QED) is 0.920. The highest BCUT2D eigenvalue weighted by Crippen LogP contribution is 2.20. The predicted molar refractivity (Wildman–Crippen MR) is 91.9 cm³/mol. The smallest absolute Gasteiger partial charge is 0.266 e. The summed E-state index contributed by atoms with van der Waals surface area (Å²) in [6, 6.07) is 9.07. The van der Waals surface area contributed by atoms with Crippen molar-refractivity contribution >= 4 is 11.6 Å². The number of hydrogen-bond acceptors (Lipinski definition) is 3. The van der Waals surface area contributed by atoms with Gasteiger partial charge in [-0.2, -0.15) is 0 Å². The molecule has 0 saturated carbocycles. The lowest BCUT2D eigenvalue weighted by Crippen LogP contribution is -2.31. The molecule has 2 N–H and O–H groups in total. The number of nitrogens with zero attached hydrogens (tertiary/aromatic N) is 2. The van der Waals surface area contributed by atoms with Crippen molar-refractivity contribution in [3.05, 3.63) is 70.9 Å². The molecule has 1 heterocycles. The number of nitrogens with two attached hydrogens (primary N) is 1. The summed E-state index contributed by atoms with van der Waals surface area (Å²) >= 11 is 0. The van der Waals surface area contributed by atoms with Crippen molar-refractivity contribution in [3.63, 3.8) is 0 Å². The molecule has 4 nitrogen and oxygen atoms in total. The molecule has 0 fully saturated rings. The molecule has 4 heteroatoms. The van der Waals surface area contributed by atoms with E-state index in [1.165, 1.54) is 0 Å². The Balaban J connectivity index is 2.90. The van der Waals surface area contributed by atoms with Gasteiger partial charge in [-0.05, 0) is 37.1 Å². The van der Waals surface area contributed by atoms with Crippen molar-refractivity contribution in [1.82, 2.24) is 9.55 Å². The largest absolute Gasteiger partial charge is 0.321 e. The zero-order valence-corrected chi connectivity index (χ0v) is 13.0. The van der Waals surface area contributed by atoms with Gasteiger partial charge in [-0.3, -0.25) is 9.36 Å². The maximum Gasteiger partial charge on any atom is 0.266 e. The average molecular weight is 295 g/mol. The molecule has 0 aliphatic rings. The summed E-state index contributed by atoms with van der Waals surface area (Å²) in [5.74, 6) is 0.540. The summed E-state index contributed by atoms with van der Waals surface area (Å²) in [6.45, 7) is 11.4. The summed E-state index contributed by atoms with van der Waals surface area (Å²) in [5.41, 5.74) is 8.42. The van der Waals surface area contributed by atoms with Crippen LogP contribution in [0, 0.1) is 0 Å². The fraction of sp³-hybridized carbons (Fsp3) is 0.222. The van der Waals surface area contributed by atoms with Crippen LogP contribution in [0.5, 0.6) is 0 Å². The van der Waals surface area contributed by atoms with E-state index >= 15 is 0 Å². The van der Waals surface area contributed by atoms with Crippen LogP contribution in [0.1, 0.15) is 43.4 Å². The van der Waals surface area contributed by atoms with Crippen LogP contribution in [-0.2, 0) is 0 Å². The van der Waals surface area contributed by atoms with Gasteiger partial charge >= 0.3 is 0 Å². The summed E-state index contributed by atoms with van der Waals surface area (Å²) in [6.07, 6.45) is 2.26. The van der Waals surface area contributed by atoms with E-state index in [9.17, 15) is 4.79 Å². The lowest BCUT2D eigenvalue weighted by molar-refractivity contribution is 0.615. The van der Waals surface area contributed by atoms with Gasteiger partial charge in [0, 0.05) is 0 Å². The fourth-order valence-electron chi connectivity index (χ4n) is 2.36. The first kappa shape index (κ1) is 15.9. The zero-order valence-electron chi connectivity index (χ0n) is 13.0. The minimum absolute atomic E-state index is 0.164. The van der Waals surface area contributed by atoms with Crippen LogP contribution in [0.4, 0.5) is 0 Å². The molecule has 114 valence electrons. The lowest BCUT2D eigenvalue weighted by atomic mass is 10.1. The van der Waals surface area contributed by atoms with Gasteiger partial charge in [0.05, 0.1) is 23.0 Å². The molecule has 2 aromatic rings. The van der Waals surface area contributed by atoms with Gasteiger partial charge in [0.25, 0.3) is 5.56 Å². The fourth-order valence-corrected chi connectivity index (χ4v) is 2.36. The van der Waals surface area contributed by atoms with E-state index in [1.54, 1.807) is 17.6 Å². The summed E-state index contributed by atoms with van der Waals surface area (Å²) in [4.78, 5) is 17.6. The van der Waals surface area contributed by atoms with Crippen molar-refractivity contribution in [1.29, 1.82) is 0 Å². The van der Waals surface area contributed by atoms with Gasteiger partial charge < -0.3 is 5.73 Å². The van der Waals surface area contributed by atoms with E-state index in [-0.39, 0.29) is 11.6 Å². The Bertz CT molecular complexity index is 760. The van der Waals surface area contributed by atoms with Gasteiger partial charge in [-0.15, -0.1) is 0 Å². The summed E-state index contributed by atoms with van der Waals surface area (Å²) < 4.78 is 1.57. The molecule has 0 aliphatic carbocycles. The van der Waals surface area contributed by atoms with Crippen molar-refractivity contribution in [2.75, 3.05) is 0 Å². The summed E-state index contributed by atoms with van der Waals surface area (Å²) in [7, 11) is 0. The second kappa shape index (κ2) is 6.54. The first-order chi connectivity index (χ1) is 10.5. The molecular formula is C18H21N3O. The minimum atomic E-state index is -0.328. The Labute approximate surface area is 130 Å². The minimum Gasteiger partial charge on any atom is -0.321 e. The average Bonchev–Trinajstić information content (AvgIpc) is 2.53. The molecule has 1 atom stereocenters. The molecule has 1 aromatic heterocycles. The van der Waals surface area contributed by atoms with Crippen molar-refractivity contribution in [2.24, 2.45) is 5.73 Å². The third-order valence-electron chi connectivity index (χ3n) is 3.54. The monoisotopic (exact) mass is 295 g/mol. The Morgan fingerprint density at radius 3 is 2.55 bits per heavy atom. The second-order valence-corrected chi connectivity index (χ2v) is 5.21. The Morgan fingerprint density at radius 1 is 1.41 bits per heavy atom. The van der Waals surface area contributed by atoms with E-state index in [0.717, 1.165) is 5.69 Å². The molecule has 22 heavy (non-hydrogen) atoms. The normalized spacial score (nSPS) is 12.0. The van der Waals surface area contributed by atoms with E-state index in [4.69, 9.17) is 5.73 Å². The predicted octanol–water partition coefficient (Wildman–Crippen LogP) is 3.32. The van der Waals surface area contributed by atoms with Crippen molar-refractivity contribution in [3.8, 4) is 5.69 Å². The maximum atomic E-state index is 13.0. The van der Waals surface area contributed by atoms with E-state index < -0.39 is 0 Å². The number of para-hydroxylation sites is 1. The molecule has 0 saturated heterocycles. The molecule has 1 unspecified atom stereocenters. The second-order valence-electron chi connectivity index (χ2n) is 5.21. The number of aromatic nitrogens is 2. The molecule has 1 aromatic carbocycles. The lowest BCUT2D eigenvalue weighted by Gasteiger charge is -2.19. The number of hydrogen-bond donors (Lipinski definition) is 1. The van der Waals surface area contributed by atoms with Crippen LogP contribution in [-0.4, -0.2) is 9.55 Å². The Morgan fingerprint density at radius 2 is 2.05 bits per heavy atom. The first-order valence-electron chi connectivity index (χ1n) is 7.27. The van der Waals surface area contributed by atoms with Crippen LogP contribution in [0.25, 0.3) is 17.3 Å². The van der Waals surface area contributed by atoms with Crippen molar-refractivity contribution < 1.29 is 0 Å². The highest BCUT2D eigenvalue weighted by atomic mass is 16.1. The van der Waals surface area contributed by atoms with E-state index in [0.29, 0.717) is 29.1 Å². The van der Waals surface area contributed by atoms with Gasteiger partial charge in [-0.25, -0.2) is 4.98 Å².